The molecule has 2 rings (SSSR count). The summed E-state index contributed by atoms with van der Waals surface area (Å²) < 4.78 is 5.46. The summed E-state index contributed by atoms with van der Waals surface area (Å²) in [5.74, 6) is 0.658. The van der Waals surface area contributed by atoms with Gasteiger partial charge in [0.25, 0.3) is 0 Å². The van der Waals surface area contributed by atoms with Crippen LogP contribution in [0.5, 0.6) is 5.75 Å². The number of ether oxygens (including phenoxy) is 1. The molecule has 1 amide bonds. The first-order chi connectivity index (χ1) is 9.78. The molecule has 2 aromatic rings. The Morgan fingerprint density at radius 2 is 1.75 bits per heavy atom. The van der Waals surface area contributed by atoms with E-state index >= 15 is 0 Å². The average Bonchev–Trinajstić information content (AvgIpc) is 2.49. The van der Waals surface area contributed by atoms with E-state index in [9.17, 15) is 4.79 Å². The summed E-state index contributed by atoms with van der Waals surface area (Å²) in [6.45, 7) is 0.337. The first kappa shape index (κ1) is 14.1. The minimum absolute atomic E-state index is 0.000851. The lowest BCUT2D eigenvalue weighted by atomic mass is 10.2. The second-order valence-corrected chi connectivity index (χ2v) is 4.31. The molecule has 2 aromatic carbocycles. The molecule has 4 heteroatoms. The number of aliphatic hydroxyl groups excluding tert-OH is 1. The predicted molar refractivity (Wildman–Crippen MR) is 77.5 cm³/mol. The molecule has 0 bridgehead atoms. The second-order valence-electron chi connectivity index (χ2n) is 4.31. The molecular formula is C16H17NO3. The largest absolute Gasteiger partial charge is 0.493 e. The van der Waals surface area contributed by atoms with E-state index in [4.69, 9.17) is 9.84 Å². The quantitative estimate of drug-likeness (QED) is 0.849. The third-order valence-corrected chi connectivity index (χ3v) is 2.76. The minimum atomic E-state index is -0.0994. The number of benzene rings is 2. The SMILES string of the molecule is O=C(CCOc1ccccc1)Nc1ccc(CO)cc1. The fourth-order valence-corrected chi connectivity index (χ4v) is 1.70. The third-order valence-electron chi connectivity index (χ3n) is 2.76. The monoisotopic (exact) mass is 271 g/mol. The molecule has 2 N–H and O–H groups in total. The van der Waals surface area contributed by atoms with Crippen molar-refractivity contribution in [3.8, 4) is 5.75 Å². The molecule has 0 radical (unpaired) electrons. The lowest BCUT2D eigenvalue weighted by Crippen LogP contribution is -2.15. The van der Waals surface area contributed by atoms with Gasteiger partial charge in [-0.25, -0.2) is 0 Å². The number of nitrogens with one attached hydrogen (secondary N) is 1. The smallest absolute Gasteiger partial charge is 0.227 e. The number of carbonyl (C=O) groups is 1. The molecule has 0 aromatic heterocycles. The van der Waals surface area contributed by atoms with Crippen LogP contribution in [0.1, 0.15) is 12.0 Å². The highest BCUT2D eigenvalue weighted by molar-refractivity contribution is 5.90. The van der Waals surface area contributed by atoms with Crippen molar-refractivity contribution in [2.24, 2.45) is 0 Å². The van der Waals surface area contributed by atoms with E-state index in [0.717, 1.165) is 11.3 Å². The number of carbonyl (C=O) groups excluding carboxylic acids is 1. The Hall–Kier alpha value is -2.33. The van der Waals surface area contributed by atoms with Gasteiger partial charge in [0.15, 0.2) is 0 Å². The molecule has 0 saturated carbocycles. The van der Waals surface area contributed by atoms with Crippen molar-refractivity contribution in [2.45, 2.75) is 13.0 Å². The van der Waals surface area contributed by atoms with Crippen LogP contribution in [0, 0.1) is 0 Å². The van der Waals surface area contributed by atoms with Crippen LogP contribution in [0.25, 0.3) is 0 Å². The molecule has 104 valence electrons. The van der Waals surface area contributed by atoms with Gasteiger partial charge in [-0.05, 0) is 29.8 Å². The molecule has 0 spiro atoms. The molecule has 0 fully saturated rings. The van der Waals surface area contributed by atoms with E-state index in [2.05, 4.69) is 5.32 Å². The molecule has 0 saturated heterocycles. The van der Waals surface area contributed by atoms with Crippen molar-refractivity contribution >= 4 is 11.6 Å². The predicted octanol–water partition coefficient (Wildman–Crippen LogP) is 2.59. The first-order valence-electron chi connectivity index (χ1n) is 6.45. The van der Waals surface area contributed by atoms with Crippen LogP contribution in [0.4, 0.5) is 5.69 Å². The van der Waals surface area contributed by atoms with Crippen molar-refractivity contribution in [2.75, 3.05) is 11.9 Å². The lowest BCUT2D eigenvalue weighted by Gasteiger charge is -2.07. The second kappa shape index (κ2) is 7.31. The first-order valence-corrected chi connectivity index (χ1v) is 6.45. The normalized spacial score (nSPS) is 10.1. The van der Waals surface area contributed by atoms with Crippen LogP contribution in [-0.2, 0) is 11.4 Å². The van der Waals surface area contributed by atoms with E-state index < -0.39 is 0 Å². The topological polar surface area (TPSA) is 58.6 Å². The molecular weight excluding hydrogens is 254 g/mol. The number of aliphatic hydroxyl groups is 1. The number of rotatable bonds is 6. The lowest BCUT2D eigenvalue weighted by molar-refractivity contribution is -0.116. The van der Waals surface area contributed by atoms with Gasteiger partial charge in [-0.1, -0.05) is 30.3 Å². The van der Waals surface area contributed by atoms with E-state index in [-0.39, 0.29) is 18.9 Å². The Balaban J connectivity index is 1.74. The number of hydrogen-bond donors (Lipinski definition) is 2. The van der Waals surface area contributed by atoms with Gasteiger partial charge in [-0.3, -0.25) is 4.79 Å². The van der Waals surface area contributed by atoms with Gasteiger partial charge in [0, 0.05) is 5.69 Å². The highest BCUT2D eigenvalue weighted by Gasteiger charge is 2.03. The van der Waals surface area contributed by atoms with Crippen LogP contribution in [0.2, 0.25) is 0 Å². The highest BCUT2D eigenvalue weighted by Crippen LogP contribution is 2.11. The summed E-state index contributed by atoms with van der Waals surface area (Å²) in [6, 6.07) is 16.5. The number of para-hydroxylation sites is 1. The van der Waals surface area contributed by atoms with Gasteiger partial charge >= 0.3 is 0 Å². The molecule has 4 nitrogen and oxygen atoms in total. The van der Waals surface area contributed by atoms with Crippen molar-refractivity contribution in [3.05, 3.63) is 60.2 Å². The van der Waals surface area contributed by atoms with Gasteiger partial charge in [0.05, 0.1) is 19.6 Å². The van der Waals surface area contributed by atoms with E-state index in [1.807, 2.05) is 30.3 Å². The molecule has 0 aliphatic heterocycles. The highest BCUT2D eigenvalue weighted by atomic mass is 16.5. The summed E-state index contributed by atoms with van der Waals surface area (Å²) >= 11 is 0. The van der Waals surface area contributed by atoms with Gasteiger partial charge in [0.2, 0.25) is 5.91 Å². The Bertz CT molecular complexity index is 537. The molecule has 0 unspecified atom stereocenters. The van der Waals surface area contributed by atoms with Crippen LogP contribution >= 0.6 is 0 Å². The fraction of sp³-hybridized carbons (Fsp3) is 0.188. The van der Waals surface area contributed by atoms with Crippen molar-refractivity contribution in [1.82, 2.24) is 0 Å². The summed E-state index contributed by atoms with van der Waals surface area (Å²) in [6.07, 6.45) is 0.288. The van der Waals surface area contributed by atoms with E-state index in [1.165, 1.54) is 0 Å². The van der Waals surface area contributed by atoms with Gasteiger partial charge in [-0.2, -0.15) is 0 Å². The number of hydrogen-bond acceptors (Lipinski definition) is 3. The summed E-state index contributed by atoms with van der Waals surface area (Å²) in [7, 11) is 0. The fourth-order valence-electron chi connectivity index (χ4n) is 1.70. The van der Waals surface area contributed by atoms with Crippen molar-refractivity contribution < 1.29 is 14.6 Å². The maximum Gasteiger partial charge on any atom is 0.227 e. The molecule has 20 heavy (non-hydrogen) atoms. The number of anilines is 1. The van der Waals surface area contributed by atoms with Crippen LogP contribution < -0.4 is 10.1 Å². The Labute approximate surface area is 118 Å². The Morgan fingerprint density at radius 1 is 1.05 bits per heavy atom. The summed E-state index contributed by atoms with van der Waals surface area (Å²) in [4.78, 5) is 11.7. The van der Waals surface area contributed by atoms with Gasteiger partial charge in [0.1, 0.15) is 5.75 Å². The van der Waals surface area contributed by atoms with E-state index in [1.54, 1.807) is 24.3 Å². The van der Waals surface area contributed by atoms with Crippen LogP contribution in [-0.4, -0.2) is 17.6 Å². The molecule has 0 aliphatic rings. The van der Waals surface area contributed by atoms with Crippen LogP contribution in [0.3, 0.4) is 0 Å². The summed E-state index contributed by atoms with van der Waals surface area (Å²) in [5, 5.41) is 11.7. The van der Waals surface area contributed by atoms with E-state index in [0.29, 0.717) is 12.3 Å². The summed E-state index contributed by atoms with van der Waals surface area (Å²) in [5.41, 5.74) is 1.53. The molecule has 0 atom stereocenters. The Morgan fingerprint density at radius 3 is 2.40 bits per heavy atom. The maximum atomic E-state index is 11.7. The molecule has 0 heterocycles. The zero-order valence-corrected chi connectivity index (χ0v) is 11.1. The van der Waals surface area contributed by atoms with Crippen molar-refractivity contribution in [1.29, 1.82) is 0 Å². The minimum Gasteiger partial charge on any atom is -0.493 e. The maximum absolute atomic E-state index is 11.7. The van der Waals surface area contributed by atoms with Gasteiger partial charge < -0.3 is 15.2 Å². The zero-order chi connectivity index (χ0) is 14.2. The average molecular weight is 271 g/mol. The van der Waals surface area contributed by atoms with Gasteiger partial charge in [-0.15, -0.1) is 0 Å². The van der Waals surface area contributed by atoms with Crippen molar-refractivity contribution in [3.63, 3.8) is 0 Å². The third kappa shape index (κ3) is 4.40. The standard InChI is InChI=1S/C16H17NO3/c18-12-13-6-8-14(9-7-13)17-16(19)10-11-20-15-4-2-1-3-5-15/h1-9,18H,10-12H2,(H,17,19). The van der Waals surface area contributed by atoms with Crippen LogP contribution in [0.15, 0.2) is 54.6 Å². The number of amides is 1. The Kier molecular flexibility index (Phi) is 5.15. The zero-order valence-electron chi connectivity index (χ0n) is 11.1. The molecule has 0 aliphatic carbocycles.